The number of fused-ring (bicyclic) bond motifs is 3. The lowest BCUT2D eigenvalue weighted by Crippen LogP contribution is -2.17. The number of aryl methyl sites for hydroxylation is 2. The molecule has 1 aliphatic rings. The van der Waals surface area contributed by atoms with Gasteiger partial charge in [-0.3, -0.25) is 4.79 Å². The predicted octanol–water partition coefficient (Wildman–Crippen LogP) is 4.99. The minimum absolute atomic E-state index is 0.201. The molecule has 4 rings (SSSR count). The van der Waals surface area contributed by atoms with Crippen LogP contribution in [0.3, 0.4) is 0 Å². The Morgan fingerprint density at radius 3 is 2.83 bits per heavy atom. The number of amides is 1. The molecule has 2 aromatic carbocycles. The van der Waals surface area contributed by atoms with E-state index in [-0.39, 0.29) is 5.91 Å². The molecule has 0 aliphatic heterocycles. The maximum absolute atomic E-state index is 12.5. The highest BCUT2D eigenvalue weighted by Gasteiger charge is 2.16. The van der Waals surface area contributed by atoms with Gasteiger partial charge < -0.3 is 9.72 Å². The highest BCUT2D eigenvalue weighted by molar-refractivity contribution is 5.99. The summed E-state index contributed by atoms with van der Waals surface area (Å²) in [5.41, 5.74) is 7.96. The fourth-order valence-electron chi connectivity index (χ4n) is 3.76. The lowest BCUT2D eigenvalue weighted by Gasteiger charge is -2.10. The molecular weight excluding hydrogens is 362 g/mol. The number of carbonyl (C=O) groups is 1. The quantitative estimate of drug-likeness (QED) is 0.340. The molecule has 5 nitrogen and oxygen atoms in total. The van der Waals surface area contributed by atoms with Crippen molar-refractivity contribution in [2.24, 2.45) is 5.10 Å². The van der Waals surface area contributed by atoms with E-state index in [0.717, 1.165) is 54.5 Å². The van der Waals surface area contributed by atoms with Crippen LogP contribution in [0.5, 0.6) is 5.75 Å². The maximum Gasteiger partial charge on any atom is 0.271 e. The average Bonchev–Trinajstić information content (AvgIpc) is 3.13. The van der Waals surface area contributed by atoms with Crippen LogP contribution in [-0.2, 0) is 12.8 Å². The minimum atomic E-state index is -0.201. The van der Waals surface area contributed by atoms with Crippen LogP contribution in [0.1, 0.15) is 59.8 Å². The zero-order valence-corrected chi connectivity index (χ0v) is 16.8. The predicted molar refractivity (Wildman–Crippen MR) is 117 cm³/mol. The summed E-state index contributed by atoms with van der Waals surface area (Å²) in [7, 11) is 0. The molecule has 2 N–H and O–H groups in total. The number of aromatic nitrogens is 1. The lowest BCUT2D eigenvalue weighted by atomic mass is 9.95. The molecule has 3 aromatic rings. The van der Waals surface area contributed by atoms with Crippen molar-refractivity contribution in [3.05, 3.63) is 64.8 Å². The van der Waals surface area contributed by atoms with E-state index >= 15 is 0 Å². The van der Waals surface area contributed by atoms with Gasteiger partial charge in [0.25, 0.3) is 5.91 Å². The smallest absolute Gasteiger partial charge is 0.271 e. The van der Waals surface area contributed by atoms with Gasteiger partial charge in [0.15, 0.2) is 0 Å². The summed E-state index contributed by atoms with van der Waals surface area (Å²) in [4.78, 5) is 16.0. The Morgan fingerprint density at radius 2 is 2.00 bits per heavy atom. The molecule has 29 heavy (non-hydrogen) atoms. The monoisotopic (exact) mass is 389 g/mol. The Hall–Kier alpha value is -3.08. The molecule has 1 heterocycles. The van der Waals surface area contributed by atoms with Gasteiger partial charge in [0.2, 0.25) is 0 Å². The largest absolute Gasteiger partial charge is 0.494 e. The normalized spacial score (nSPS) is 13.6. The summed E-state index contributed by atoms with van der Waals surface area (Å²) in [6.07, 6.45) is 8.42. The fraction of sp³-hybridized carbons (Fsp3) is 0.333. The number of hydrogen-bond acceptors (Lipinski definition) is 3. The molecule has 1 aromatic heterocycles. The van der Waals surface area contributed by atoms with Crippen LogP contribution < -0.4 is 10.2 Å². The molecule has 150 valence electrons. The number of rotatable bonds is 7. The first-order chi connectivity index (χ1) is 14.2. The first-order valence-corrected chi connectivity index (χ1v) is 10.4. The SMILES string of the molecule is CCCCOc1ccc(/C=N/NC(=O)c2ccc3[nH]c4c(c3c2)CCCC4)cc1. The Kier molecular flexibility index (Phi) is 5.94. The molecule has 0 unspecified atom stereocenters. The Balaban J connectivity index is 1.39. The molecule has 0 fully saturated rings. The van der Waals surface area contributed by atoms with Crippen LogP contribution >= 0.6 is 0 Å². The Labute approximate surface area is 171 Å². The third kappa shape index (κ3) is 4.50. The van der Waals surface area contributed by atoms with Gasteiger partial charge in [-0.2, -0.15) is 5.10 Å². The van der Waals surface area contributed by atoms with Gasteiger partial charge >= 0.3 is 0 Å². The van der Waals surface area contributed by atoms with Crippen molar-refractivity contribution in [3.8, 4) is 5.75 Å². The Morgan fingerprint density at radius 1 is 1.17 bits per heavy atom. The first-order valence-electron chi connectivity index (χ1n) is 10.4. The van der Waals surface area contributed by atoms with Gasteiger partial charge in [0, 0.05) is 22.2 Å². The molecule has 0 atom stereocenters. The third-order valence-electron chi connectivity index (χ3n) is 5.39. The molecule has 1 amide bonds. The van der Waals surface area contributed by atoms with Crippen molar-refractivity contribution >= 4 is 23.0 Å². The van der Waals surface area contributed by atoms with Crippen LogP contribution in [0.25, 0.3) is 10.9 Å². The zero-order chi connectivity index (χ0) is 20.1. The summed E-state index contributed by atoms with van der Waals surface area (Å²) in [6.45, 7) is 2.87. The average molecular weight is 389 g/mol. The first kappa shape index (κ1) is 19.2. The summed E-state index contributed by atoms with van der Waals surface area (Å²) in [6, 6.07) is 13.5. The van der Waals surface area contributed by atoms with E-state index in [9.17, 15) is 4.79 Å². The molecule has 1 aliphatic carbocycles. The lowest BCUT2D eigenvalue weighted by molar-refractivity contribution is 0.0955. The number of hydrogen-bond donors (Lipinski definition) is 2. The zero-order valence-electron chi connectivity index (χ0n) is 16.8. The second kappa shape index (κ2) is 8.95. The summed E-state index contributed by atoms with van der Waals surface area (Å²) in [5, 5.41) is 5.27. The van der Waals surface area contributed by atoms with E-state index in [4.69, 9.17) is 4.74 Å². The van der Waals surface area contributed by atoms with E-state index in [2.05, 4.69) is 22.4 Å². The summed E-state index contributed by atoms with van der Waals surface area (Å²) < 4.78 is 5.65. The second-order valence-corrected chi connectivity index (χ2v) is 7.52. The van der Waals surface area contributed by atoms with E-state index in [1.807, 2.05) is 42.5 Å². The highest BCUT2D eigenvalue weighted by Crippen LogP contribution is 2.29. The van der Waals surface area contributed by atoms with Gasteiger partial charge in [-0.15, -0.1) is 0 Å². The molecule has 5 heteroatoms. The van der Waals surface area contributed by atoms with Crippen LogP contribution in [-0.4, -0.2) is 23.7 Å². The number of nitrogens with one attached hydrogen (secondary N) is 2. The maximum atomic E-state index is 12.5. The van der Waals surface area contributed by atoms with Crippen molar-refractivity contribution < 1.29 is 9.53 Å². The summed E-state index contributed by atoms with van der Waals surface area (Å²) in [5.74, 6) is 0.649. The van der Waals surface area contributed by atoms with E-state index < -0.39 is 0 Å². The number of H-pyrrole nitrogens is 1. The number of benzene rings is 2. The number of hydrazone groups is 1. The third-order valence-corrected chi connectivity index (χ3v) is 5.39. The van der Waals surface area contributed by atoms with Crippen LogP contribution in [0.15, 0.2) is 47.6 Å². The van der Waals surface area contributed by atoms with E-state index in [0.29, 0.717) is 5.56 Å². The van der Waals surface area contributed by atoms with Gasteiger partial charge in [0.05, 0.1) is 12.8 Å². The Bertz CT molecular complexity index is 1020. The molecule has 0 saturated carbocycles. The van der Waals surface area contributed by atoms with Gasteiger partial charge in [0.1, 0.15) is 5.75 Å². The fourth-order valence-corrected chi connectivity index (χ4v) is 3.76. The molecule has 0 bridgehead atoms. The van der Waals surface area contributed by atoms with E-state index in [1.54, 1.807) is 6.21 Å². The van der Waals surface area contributed by atoms with Crippen molar-refractivity contribution in [1.29, 1.82) is 0 Å². The molecule has 0 saturated heterocycles. The van der Waals surface area contributed by atoms with Crippen molar-refractivity contribution in [2.75, 3.05) is 6.61 Å². The minimum Gasteiger partial charge on any atom is -0.494 e. The van der Waals surface area contributed by atoms with Crippen LogP contribution in [0.4, 0.5) is 0 Å². The number of nitrogens with zero attached hydrogens (tertiary/aromatic N) is 1. The number of unbranched alkanes of at least 4 members (excludes halogenated alkanes) is 1. The van der Waals surface area contributed by atoms with Gasteiger partial charge in [-0.05, 0) is 85.7 Å². The number of ether oxygens (including phenoxy) is 1. The topological polar surface area (TPSA) is 66.5 Å². The molecular formula is C24H27N3O2. The van der Waals surface area contributed by atoms with Crippen molar-refractivity contribution in [3.63, 3.8) is 0 Å². The molecule has 0 radical (unpaired) electrons. The second-order valence-electron chi connectivity index (χ2n) is 7.52. The molecule has 0 spiro atoms. The number of aromatic amines is 1. The van der Waals surface area contributed by atoms with E-state index in [1.165, 1.54) is 24.1 Å². The van der Waals surface area contributed by atoms with Crippen LogP contribution in [0.2, 0.25) is 0 Å². The standard InChI is InChI=1S/C24H27N3O2/c1-2-3-14-29-19-11-8-17(9-12-19)16-25-27-24(28)18-10-13-23-21(15-18)20-6-4-5-7-22(20)26-23/h8-13,15-16,26H,2-7,14H2,1H3,(H,27,28)/b25-16+. The highest BCUT2D eigenvalue weighted by atomic mass is 16.5. The van der Waals surface area contributed by atoms with Gasteiger partial charge in [-0.1, -0.05) is 13.3 Å². The number of carbonyl (C=O) groups excluding carboxylic acids is 1. The van der Waals surface area contributed by atoms with Crippen molar-refractivity contribution in [1.82, 2.24) is 10.4 Å². The van der Waals surface area contributed by atoms with Crippen molar-refractivity contribution in [2.45, 2.75) is 45.4 Å². The van der Waals surface area contributed by atoms with Gasteiger partial charge in [-0.25, -0.2) is 5.43 Å². The summed E-state index contributed by atoms with van der Waals surface area (Å²) >= 11 is 0. The van der Waals surface area contributed by atoms with Crippen LogP contribution in [0, 0.1) is 0 Å².